The van der Waals surface area contributed by atoms with Gasteiger partial charge in [-0.2, -0.15) is 0 Å². The van der Waals surface area contributed by atoms with Gasteiger partial charge in [0.15, 0.2) is 12.1 Å². The fourth-order valence-corrected chi connectivity index (χ4v) is 6.84. The first-order valence-corrected chi connectivity index (χ1v) is 19.7. The number of fused-ring (bicyclic) bond motifs is 5. The Bertz CT molecular complexity index is 2040. The number of nitrogens with two attached hydrogens (primary N) is 2. The van der Waals surface area contributed by atoms with Crippen LogP contribution >= 0.6 is 0 Å². The predicted octanol–water partition coefficient (Wildman–Crippen LogP) is 0.128. The van der Waals surface area contributed by atoms with Gasteiger partial charge in [0.2, 0.25) is 17.6 Å². The van der Waals surface area contributed by atoms with E-state index in [0.717, 1.165) is 22.4 Å². The molecule has 0 spiro atoms. The molecule has 3 heterocycles. The molecule has 1 aromatic heterocycles. The lowest BCUT2D eigenvalue weighted by Gasteiger charge is -2.38. The van der Waals surface area contributed by atoms with Gasteiger partial charge >= 0.3 is 12.1 Å². The number of alkyl carbamates (subject to hydrolysis) is 1. The van der Waals surface area contributed by atoms with Crippen LogP contribution in [0.4, 0.5) is 10.5 Å². The minimum absolute atomic E-state index is 0.0280. The van der Waals surface area contributed by atoms with E-state index in [-0.39, 0.29) is 57.1 Å². The number of nitrogens with one attached hydrogen (secondary N) is 2. The molecule has 330 valence electrons. The number of carbonyl (C=O) groups excluding carboxylic acids is 3. The summed E-state index contributed by atoms with van der Waals surface area (Å²) in [5, 5.41) is 43.8. The third-order valence-corrected chi connectivity index (χ3v) is 9.79. The van der Waals surface area contributed by atoms with Gasteiger partial charge in [-0.25, -0.2) is 19.3 Å². The van der Waals surface area contributed by atoms with Gasteiger partial charge in [-0.1, -0.05) is 54.6 Å². The van der Waals surface area contributed by atoms with Crippen LogP contribution < -0.4 is 27.0 Å². The van der Waals surface area contributed by atoms with Crippen LogP contribution in [0.1, 0.15) is 25.8 Å². The second-order valence-electron chi connectivity index (χ2n) is 14.1. The lowest BCUT2D eigenvalue weighted by molar-refractivity contribution is -0.147. The average molecular weight is 852 g/mol. The molecule has 21 heteroatoms. The van der Waals surface area contributed by atoms with Gasteiger partial charge in [-0.05, 0) is 17.7 Å². The lowest BCUT2D eigenvalue weighted by atomic mass is 9.87. The zero-order valence-electron chi connectivity index (χ0n) is 34.0. The first-order chi connectivity index (χ1) is 29.4. The van der Waals surface area contributed by atoms with E-state index in [0.29, 0.717) is 44.3 Å². The van der Waals surface area contributed by atoms with Crippen molar-refractivity contribution in [3.63, 3.8) is 0 Å². The number of para-hydroxylation sites is 1. The number of aliphatic carboxylic acids is 1. The van der Waals surface area contributed by atoms with Gasteiger partial charge < -0.3 is 66.0 Å². The summed E-state index contributed by atoms with van der Waals surface area (Å²) >= 11 is 0. The molecule has 0 radical (unpaired) electrons. The van der Waals surface area contributed by atoms with E-state index in [1.54, 1.807) is 16.5 Å². The number of nitrogens with zero attached hydrogens (tertiary/aromatic N) is 5. The van der Waals surface area contributed by atoms with E-state index in [2.05, 4.69) is 25.9 Å². The highest BCUT2D eigenvalue weighted by molar-refractivity contribution is 6.00. The number of aliphatic hydroxyl groups is 2. The van der Waals surface area contributed by atoms with E-state index in [1.807, 2.05) is 48.5 Å². The smallest absolute Gasteiger partial charge is 0.407 e. The minimum atomic E-state index is -1.61. The minimum Gasteiger partial charge on any atom is -0.479 e. The number of benzene rings is 2. The van der Waals surface area contributed by atoms with E-state index in [4.69, 9.17) is 35.2 Å². The second kappa shape index (κ2) is 22.5. The van der Waals surface area contributed by atoms with E-state index in [9.17, 15) is 34.5 Å². The molecular formula is C40H53N9O12. The summed E-state index contributed by atoms with van der Waals surface area (Å²) < 4.78 is 29.7. The van der Waals surface area contributed by atoms with Crippen molar-refractivity contribution >= 4 is 35.5 Å². The van der Waals surface area contributed by atoms with Crippen molar-refractivity contribution in [1.29, 1.82) is 0 Å². The number of aliphatic hydroxyl groups excluding tert-OH is 2. The number of hydrogen-bond acceptors (Lipinski definition) is 14. The molecule has 61 heavy (non-hydrogen) atoms. The molecule has 0 aliphatic carbocycles. The summed E-state index contributed by atoms with van der Waals surface area (Å²) in [5.41, 5.74) is 15.7. The Morgan fingerprint density at radius 3 is 2.31 bits per heavy atom. The van der Waals surface area contributed by atoms with Crippen molar-refractivity contribution in [3.05, 3.63) is 65.9 Å². The summed E-state index contributed by atoms with van der Waals surface area (Å²) in [6, 6.07) is 14.5. The molecule has 0 fully saturated rings. The van der Waals surface area contributed by atoms with Gasteiger partial charge in [0.05, 0.1) is 76.8 Å². The molecule has 0 bridgehead atoms. The normalized spacial score (nSPS) is 17.7. The molecule has 3 amide bonds. The van der Waals surface area contributed by atoms with Gasteiger partial charge in [-0.15, -0.1) is 5.10 Å². The second-order valence-corrected chi connectivity index (χ2v) is 14.1. The highest BCUT2D eigenvalue weighted by Gasteiger charge is 2.44. The van der Waals surface area contributed by atoms with Crippen molar-refractivity contribution in [2.75, 3.05) is 64.2 Å². The number of guanidine groups is 1. The number of anilines is 1. The Kier molecular flexibility index (Phi) is 16.9. The maximum Gasteiger partial charge on any atom is 0.407 e. The zero-order valence-corrected chi connectivity index (χ0v) is 34.0. The van der Waals surface area contributed by atoms with Gasteiger partial charge in [-0.3, -0.25) is 9.59 Å². The monoisotopic (exact) mass is 851 g/mol. The number of aliphatic imine (C=N–C) groups is 1. The lowest BCUT2D eigenvalue weighted by Crippen LogP contribution is -2.52. The number of amides is 3. The summed E-state index contributed by atoms with van der Waals surface area (Å²) in [6.07, 6.45) is -3.91. The molecule has 5 rings (SSSR count). The maximum atomic E-state index is 13.5. The number of aromatic nitrogens is 3. The van der Waals surface area contributed by atoms with Crippen LogP contribution in [0, 0.1) is 5.92 Å². The van der Waals surface area contributed by atoms with Crippen LogP contribution in [0.15, 0.2) is 65.4 Å². The van der Waals surface area contributed by atoms with Gasteiger partial charge in [0.25, 0.3) is 0 Å². The van der Waals surface area contributed by atoms with Gasteiger partial charge in [0, 0.05) is 43.5 Å². The Morgan fingerprint density at radius 2 is 1.62 bits per heavy atom. The fourth-order valence-electron chi connectivity index (χ4n) is 6.84. The highest BCUT2D eigenvalue weighted by atomic mass is 16.6. The van der Waals surface area contributed by atoms with Crippen molar-refractivity contribution in [2.45, 2.75) is 57.7 Å². The number of carboxylic acid groups (broad SMARTS) is 1. The fraction of sp³-hybridized carbons (Fsp3) is 0.475. The Morgan fingerprint density at radius 1 is 0.951 bits per heavy atom. The molecule has 2 aliphatic rings. The summed E-state index contributed by atoms with van der Waals surface area (Å²) in [5.74, 6) is -3.21. The summed E-state index contributed by atoms with van der Waals surface area (Å²) in [6.45, 7) is 4.72. The first-order valence-electron chi connectivity index (χ1n) is 19.7. The zero-order chi connectivity index (χ0) is 43.9. The third kappa shape index (κ3) is 12.5. The van der Waals surface area contributed by atoms with Crippen molar-refractivity contribution in [3.8, 4) is 22.5 Å². The predicted molar refractivity (Wildman–Crippen MR) is 219 cm³/mol. The molecule has 3 aromatic rings. The topological polar surface area (TPSA) is 298 Å². The molecule has 0 saturated heterocycles. The Balaban J connectivity index is 1.03. The number of hydrogen-bond donors (Lipinski definition) is 7. The molecule has 0 saturated carbocycles. The van der Waals surface area contributed by atoms with E-state index in [1.165, 1.54) is 13.0 Å². The molecule has 9 N–H and O–H groups in total. The molecule has 21 nitrogen and oxygen atoms in total. The number of rotatable bonds is 21. The maximum absolute atomic E-state index is 13.5. The summed E-state index contributed by atoms with van der Waals surface area (Å²) in [4.78, 5) is 54.9. The largest absolute Gasteiger partial charge is 0.479 e. The quantitative estimate of drug-likeness (QED) is 0.0426. The molecular weight excluding hydrogens is 798 g/mol. The molecule has 2 aromatic carbocycles. The van der Waals surface area contributed by atoms with Crippen LogP contribution in [0.25, 0.3) is 22.5 Å². The number of ether oxygens (including phenoxy) is 5. The average Bonchev–Trinajstić information content (AvgIpc) is 3.64. The molecule has 2 aliphatic heterocycles. The Labute approximate surface area is 351 Å². The van der Waals surface area contributed by atoms with Crippen LogP contribution in [-0.2, 0) is 51.2 Å². The van der Waals surface area contributed by atoms with Crippen LogP contribution in [0.2, 0.25) is 0 Å². The van der Waals surface area contributed by atoms with Crippen LogP contribution in [-0.4, -0.2) is 144 Å². The first kappa shape index (κ1) is 45.9. The summed E-state index contributed by atoms with van der Waals surface area (Å²) in [7, 11) is 0. The van der Waals surface area contributed by atoms with Crippen LogP contribution in [0.5, 0.6) is 0 Å². The Hall–Kier alpha value is -6.13. The third-order valence-electron chi connectivity index (χ3n) is 9.79. The van der Waals surface area contributed by atoms with Crippen molar-refractivity contribution in [1.82, 2.24) is 25.6 Å². The van der Waals surface area contributed by atoms with E-state index < -0.39 is 54.7 Å². The highest BCUT2D eigenvalue weighted by Crippen LogP contribution is 2.41. The van der Waals surface area contributed by atoms with Crippen molar-refractivity contribution < 1.29 is 58.2 Å². The number of carboxylic acids is 1. The SMILES string of the molecule is CC(=O)NCCC(=O)N1Cc2ccccc2-c2c(nnn2CCOCCOCCOCCNC(=O)O[C@@H]([C@@H]2OC(C(=O)O)=C[C@H](N=C(N)N)[C@H]2C)[C@H](O)CO)-c2ccccc21. The molecule has 0 unspecified atom stereocenters. The molecule has 5 atom stereocenters. The number of carbonyl (C=O) groups is 4. The van der Waals surface area contributed by atoms with Gasteiger partial charge in [0.1, 0.15) is 17.9 Å². The van der Waals surface area contributed by atoms with E-state index >= 15 is 0 Å². The van der Waals surface area contributed by atoms with Crippen molar-refractivity contribution in [2.24, 2.45) is 22.4 Å². The standard InChI is InChI=1S/C40H53N9O12/c1-24-29(45-39(41)42)21-32(38(54)55)60-36(24)37(31(52)23-50)61-40(56)44-13-15-57-17-19-59-20-18-58-16-14-49-35-27-8-4-3-7-26(27)22-48(33(53)11-12-43-25(2)51)30-10-6-5-9-28(30)34(35)46-47-49/h3-10,21,24,29,31,36-37,50,52H,11-20,22-23H2,1-2H3,(H,43,51)(H,44,56)(H,54,55)(H4,41,42,45)/t24-,29+,31-,36-,37-/m1/s1. The van der Waals surface area contributed by atoms with Crippen LogP contribution in [0.3, 0.4) is 0 Å².